The molecule has 8 heteroatoms. The Labute approximate surface area is 219 Å². The minimum absolute atomic E-state index is 0.0327. The number of carbonyl (C=O) groups excluding carboxylic acids is 3. The van der Waals surface area contributed by atoms with Gasteiger partial charge >= 0.3 is 6.09 Å². The molecule has 0 radical (unpaired) electrons. The van der Waals surface area contributed by atoms with Crippen LogP contribution >= 0.6 is 0 Å². The van der Waals surface area contributed by atoms with E-state index in [9.17, 15) is 19.5 Å². The maximum absolute atomic E-state index is 14.0. The fourth-order valence-electron chi connectivity index (χ4n) is 3.81. The van der Waals surface area contributed by atoms with Crippen LogP contribution in [0.25, 0.3) is 0 Å². The largest absolute Gasteiger partial charge is 0.508 e. The first-order chi connectivity index (χ1) is 17.5. The Morgan fingerprint density at radius 1 is 1.11 bits per heavy atom. The number of amides is 3. The van der Waals surface area contributed by atoms with Crippen molar-refractivity contribution in [1.82, 2.24) is 15.5 Å². The molecule has 0 bridgehead atoms. The number of benzene rings is 2. The van der Waals surface area contributed by atoms with E-state index in [2.05, 4.69) is 17.2 Å². The molecular weight excluding hydrogens is 470 g/mol. The van der Waals surface area contributed by atoms with Gasteiger partial charge in [-0.25, -0.2) is 4.79 Å². The Hall–Kier alpha value is -3.81. The molecule has 3 amide bonds. The van der Waals surface area contributed by atoms with Crippen molar-refractivity contribution in [2.75, 3.05) is 6.54 Å². The molecule has 0 aromatic heterocycles. The predicted octanol–water partition coefficient (Wildman–Crippen LogP) is 4.70. The molecule has 0 fully saturated rings. The Balaban J connectivity index is 2.45. The lowest BCUT2D eigenvalue weighted by atomic mass is 9.95. The van der Waals surface area contributed by atoms with Crippen molar-refractivity contribution in [1.29, 1.82) is 0 Å². The molecule has 0 saturated carbocycles. The number of phenols is 1. The molecule has 0 aliphatic carbocycles. The second kappa shape index (κ2) is 13.5. The zero-order valence-corrected chi connectivity index (χ0v) is 22.4. The molecule has 8 nitrogen and oxygen atoms in total. The molecule has 3 unspecified atom stereocenters. The van der Waals surface area contributed by atoms with Gasteiger partial charge in [0.1, 0.15) is 23.4 Å². The van der Waals surface area contributed by atoms with Crippen molar-refractivity contribution in [3.63, 3.8) is 0 Å². The van der Waals surface area contributed by atoms with Gasteiger partial charge in [0.25, 0.3) is 0 Å². The summed E-state index contributed by atoms with van der Waals surface area (Å²) in [5, 5.41) is 15.7. The van der Waals surface area contributed by atoms with Crippen LogP contribution in [0.1, 0.15) is 58.2 Å². The minimum atomic E-state index is -1.08. The van der Waals surface area contributed by atoms with Crippen LogP contribution in [-0.4, -0.2) is 46.1 Å². The second-order valence-electron chi connectivity index (χ2n) is 9.99. The average molecular weight is 510 g/mol. The number of carbonyl (C=O) groups is 3. The van der Waals surface area contributed by atoms with E-state index in [-0.39, 0.29) is 24.8 Å². The summed E-state index contributed by atoms with van der Waals surface area (Å²) in [6, 6.07) is 13.6. The number of rotatable bonds is 11. The van der Waals surface area contributed by atoms with E-state index >= 15 is 0 Å². The smallest absolute Gasteiger partial charge is 0.408 e. The van der Waals surface area contributed by atoms with Crippen LogP contribution in [0.5, 0.6) is 5.75 Å². The van der Waals surface area contributed by atoms with Gasteiger partial charge in [-0.05, 0) is 49.9 Å². The third-order valence-electron chi connectivity index (χ3n) is 5.82. The molecule has 0 aliphatic rings. The van der Waals surface area contributed by atoms with Crippen LogP contribution in [0.2, 0.25) is 0 Å². The van der Waals surface area contributed by atoms with E-state index < -0.39 is 35.6 Å². The fraction of sp³-hybridized carbons (Fsp3) is 0.414. The van der Waals surface area contributed by atoms with Crippen LogP contribution in [0, 0.1) is 5.92 Å². The lowest BCUT2D eigenvalue weighted by Crippen LogP contribution is -2.55. The molecule has 2 aromatic carbocycles. The first kappa shape index (κ1) is 29.4. The van der Waals surface area contributed by atoms with Crippen LogP contribution in [0.15, 0.2) is 67.3 Å². The van der Waals surface area contributed by atoms with Gasteiger partial charge in [-0.1, -0.05) is 68.8 Å². The molecule has 0 spiro atoms. The summed E-state index contributed by atoms with van der Waals surface area (Å²) < 4.78 is 5.40. The molecule has 0 saturated heterocycles. The molecule has 0 aliphatic heterocycles. The Morgan fingerprint density at radius 3 is 2.35 bits per heavy atom. The van der Waals surface area contributed by atoms with Crippen molar-refractivity contribution in [3.05, 3.63) is 78.4 Å². The maximum Gasteiger partial charge on any atom is 0.408 e. The number of alkyl carbamates (subject to hydrolysis) is 1. The van der Waals surface area contributed by atoms with Crippen molar-refractivity contribution < 1.29 is 24.2 Å². The first-order valence-electron chi connectivity index (χ1n) is 12.5. The normalized spacial score (nSPS) is 13.5. The Kier molecular flexibility index (Phi) is 10.7. The van der Waals surface area contributed by atoms with Crippen molar-refractivity contribution in [2.24, 2.45) is 5.92 Å². The van der Waals surface area contributed by atoms with Crippen LogP contribution in [0.3, 0.4) is 0 Å². The van der Waals surface area contributed by atoms with E-state index in [1.165, 1.54) is 23.1 Å². The number of nitrogens with zero attached hydrogens (tertiary/aromatic N) is 1. The number of ether oxygens (including phenoxy) is 1. The number of hydrogen-bond acceptors (Lipinski definition) is 5. The highest BCUT2D eigenvalue weighted by atomic mass is 16.6. The quantitative estimate of drug-likeness (QED) is 0.381. The summed E-state index contributed by atoms with van der Waals surface area (Å²) in [7, 11) is 0. The van der Waals surface area contributed by atoms with E-state index in [1.54, 1.807) is 32.9 Å². The molecule has 3 atom stereocenters. The van der Waals surface area contributed by atoms with Gasteiger partial charge < -0.3 is 25.4 Å². The van der Waals surface area contributed by atoms with Crippen LogP contribution in [-0.2, 0) is 20.9 Å². The highest BCUT2D eigenvalue weighted by Gasteiger charge is 2.37. The van der Waals surface area contributed by atoms with Gasteiger partial charge in [-0.3, -0.25) is 9.59 Å². The monoisotopic (exact) mass is 509 g/mol. The summed E-state index contributed by atoms with van der Waals surface area (Å²) in [6.45, 7) is 13.1. The van der Waals surface area contributed by atoms with Crippen molar-refractivity contribution in [2.45, 2.75) is 65.3 Å². The molecular formula is C29H39N3O5. The topological polar surface area (TPSA) is 108 Å². The standard InChI is InChI=1S/C29H39N3O5/c1-7-17-32(27(35)24(20(3)8-2)31-28(36)37-29(4,5)6)25(22-15-12-16-23(33)18-22)26(34)30-19-21-13-10-9-11-14-21/h7,9-16,18,20,24-25,33H,1,8,17,19H2,2-6H3,(H,30,34)(H,31,36). The van der Waals surface area contributed by atoms with Gasteiger partial charge in [0.2, 0.25) is 11.8 Å². The van der Waals surface area contributed by atoms with E-state index in [1.807, 2.05) is 44.2 Å². The van der Waals surface area contributed by atoms with E-state index in [0.717, 1.165) is 5.56 Å². The molecule has 2 aromatic rings. The van der Waals surface area contributed by atoms with Gasteiger partial charge in [0, 0.05) is 13.1 Å². The summed E-state index contributed by atoms with van der Waals surface area (Å²) >= 11 is 0. The molecule has 3 N–H and O–H groups in total. The van der Waals surface area contributed by atoms with Gasteiger partial charge in [0.15, 0.2) is 0 Å². The summed E-state index contributed by atoms with van der Waals surface area (Å²) in [5.74, 6) is -1.16. The number of phenolic OH excluding ortho intramolecular Hbond substituents is 1. The molecule has 2 rings (SSSR count). The predicted molar refractivity (Wildman–Crippen MR) is 144 cm³/mol. The second-order valence-corrected chi connectivity index (χ2v) is 9.99. The van der Waals surface area contributed by atoms with Crippen molar-refractivity contribution in [3.8, 4) is 5.75 Å². The average Bonchev–Trinajstić information content (AvgIpc) is 2.84. The molecule has 200 valence electrons. The van der Waals surface area contributed by atoms with Gasteiger partial charge in [-0.15, -0.1) is 6.58 Å². The Bertz CT molecular complexity index is 1060. The Morgan fingerprint density at radius 2 is 1.78 bits per heavy atom. The zero-order valence-electron chi connectivity index (χ0n) is 22.4. The zero-order chi connectivity index (χ0) is 27.6. The highest BCUT2D eigenvalue weighted by Crippen LogP contribution is 2.27. The lowest BCUT2D eigenvalue weighted by Gasteiger charge is -2.35. The van der Waals surface area contributed by atoms with E-state index in [0.29, 0.717) is 12.0 Å². The maximum atomic E-state index is 14.0. The van der Waals surface area contributed by atoms with Crippen LogP contribution < -0.4 is 10.6 Å². The first-order valence-corrected chi connectivity index (χ1v) is 12.5. The summed E-state index contributed by atoms with van der Waals surface area (Å²) in [4.78, 5) is 41.6. The third kappa shape index (κ3) is 8.97. The number of nitrogens with one attached hydrogen (secondary N) is 2. The molecule has 37 heavy (non-hydrogen) atoms. The summed E-state index contributed by atoms with van der Waals surface area (Å²) in [6.07, 6.45) is 1.41. The summed E-state index contributed by atoms with van der Waals surface area (Å²) in [5.41, 5.74) is 0.590. The van der Waals surface area contributed by atoms with Gasteiger partial charge in [0.05, 0.1) is 0 Å². The lowest BCUT2D eigenvalue weighted by molar-refractivity contribution is -0.142. The third-order valence-corrected chi connectivity index (χ3v) is 5.82. The van der Waals surface area contributed by atoms with Gasteiger partial charge in [-0.2, -0.15) is 0 Å². The minimum Gasteiger partial charge on any atom is -0.508 e. The van der Waals surface area contributed by atoms with E-state index in [4.69, 9.17) is 4.74 Å². The number of aromatic hydroxyl groups is 1. The van der Waals surface area contributed by atoms with Crippen LogP contribution in [0.4, 0.5) is 4.79 Å². The van der Waals surface area contributed by atoms with Crippen molar-refractivity contribution >= 4 is 17.9 Å². The number of hydrogen-bond donors (Lipinski definition) is 3. The molecule has 0 heterocycles. The fourth-order valence-corrected chi connectivity index (χ4v) is 3.81. The SMILES string of the molecule is C=CCN(C(=O)C(NC(=O)OC(C)(C)C)C(C)CC)C(C(=O)NCc1ccccc1)c1cccc(O)c1. The highest BCUT2D eigenvalue weighted by molar-refractivity contribution is 5.92.